The molecule has 9 heteroatoms. The van der Waals surface area contributed by atoms with Crippen molar-refractivity contribution in [2.24, 2.45) is 0 Å². The number of carbonyl (C=O) groups excluding carboxylic acids is 1. The van der Waals surface area contributed by atoms with Crippen LogP contribution >= 0.6 is 11.6 Å². The normalized spacial score (nSPS) is 11.2. The molecule has 0 unspecified atom stereocenters. The molecule has 156 valence electrons. The number of aromatic nitrogens is 1. The molecule has 30 heavy (non-hydrogen) atoms. The molecule has 0 atom stereocenters. The molecule has 3 aromatic rings. The van der Waals surface area contributed by atoms with Crippen molar-refractivity contribution in [1.29, 1.82) is 0 Å². The number of ether oxygens (including phenoxy) is 1. The molecule has 0 spiro atoms. The molecule has 1 aromatic heterocycles. The average Bonchev–Trinajstić information content (AvgIpc) is 2.70. The molecular formula is C21H20ClN3O4S. The van der Waals surface area contributed by atoms with E-state index in [1.54, 1.807) is 36.4 Å². The highest BCUT2D eigenvalue weighted by Gasteiger charge is 2.15. The Labute approximate surface area is 180 Å². The lowest BCUT2D eigenvalue weighted by atomic mass is 10.2. The molecule has 2 N–H and O–H groups in total. The van der Waals surface area contributed by atoms with Crippen LogP contribution in [0.25, 0.3) is 0 Å². The number of hydrogen-bond donors (Lipinski definition) is 2. The SMILES string of the molecule is CC(C)Oc1ncc(C(=O)Nc2cccc(NS(=O)(=O)c3ccccc3)c2)cc1Cl. The van der Waals surface area contributed by atoms with E-state index in [0.717, 1.165) is 0 Å². The number of pyridine rings is 1. The Morgan fingerprint density at radius 3 is 2.40 bits per heavy atom. The second-order valence-electron chi connectivity index (χ2n) is 6.63. The van der Waals surface area contributed by atoms with Gasteiger partial charge in [-0.2, -0.15) is 0 Å². The van der Waals surface area contributed by atoms with E-state index in [4.69, 9.17) is 16.3 Å². The molecule has 0 aliphatic rings. The van der Waals surface area contributed by atoms with Gasteiger partial charge in [0.15, 0.2) is 0 Å². The van der Waals surface area contributed by atoms with Crippen LogP contribution in [-0.2, 0) is 10.0 Å². The quantitative estimate of drug-likeness (QED) is 0.555. The number of sulfonamides is 1. The van der Waals surface area contributed by atoms with Crippen molar-refractivity contribution in [2.75, 3.05) is 10.0 Å². The summed E-state index contributed by atoms with van der Waals surface area (Å²) in [5.74, 6) is -0.191. The minimum Gasteiger partial charge on any atom is -0.474 e. The van der Waals surface area contributed by atoms with Gasteiger partial charge in [-0.05, 0) is 50.2 Å². The van der Waals surface area contributed by atoms with Crippen LogP contribution in [0.4, 0.5) is 11.4 Å². The first kappa shape index (κ1) is 21.6. The molecule has 1 heterocycles. The first-order valence-electron chi connectivity index (χ1n) is 9.06. The summed E-state index contributed by atoms with van der Waals surface area (Å²) in [7, 11) is -3.74. The lowest BCUT2D eigenvalue weighted by molar-refractivity contribution is 0.102. The number of carbonyl (C=O) groups is 1. The van der Waals surface area contributed by atoms with E-state index in [9.17, 15) is 13.2 Å². The monoisotopic (exact) mass is 445 g/mol. The molecule has 2 aromatic carbocycles. The number of nitrogens with one attached hydrogen (secondary N) is 2. The van der Waals surface area contributed by atoms with Gasteiger partial charge in [-0.15, -0.1) is 0 Å². The lowest BCUT2D eigenvalue weighted by Crippen LogP contribution is -2.15. The zero-order chi connectivity index (χ0) is 21.7. The maximum atomic E-state index is 12.5. The molecule has 7 nitrogen and oxygen atoms in total. The predicted molar refractivity (Wildman–Crippen MR) is 117 cm³/mol. The minimum atomic E-state index is -3.74. The van der Waals surface area contributed by atoms with Crippen molar-refractivity contribution >= 4 is 38.9 Å². The van der Waals surface area contributed by atoms with Gasteiger partial charge in [-0.3, -0.25) is 9.52 Å². The standard InChI is InChI=1S/C21H20ClN3O4S/c1-14(2)29-21-19(22)11-15(13-23-21)20(26)24-16-7-6-8-17(12-16)25-30(27,28)18-9-4-3-5-10-18/h3-14,25H,1-2H3,(H,24,26). The summed E-state index contributed by atoms with van der Waals surface area (Å²) in [6, 6.07) is 15.9. The van der Waals surface area contributed by atoms with Gasteiger partial charge in [0, 0.05) is 11.9 Å². The van der Waals surface area contributed by atoms with Crippen molar-refractivity contribution in [3.05, 3.63) is 77.4 Å². The van der Waals surface area contributed by atoms with Crippen molar-refractivity contribution in [3.63, 3.8) is 0 Å². The zero-order valence-corrected chi connectivity index (χ0v) is 17.9. The largest absolute Gasteiger partial charge is 0.474 e. The summed E-state index contributed by atoms with van der Waals surface area (Å²) in [5.41, 5.74) is 0.965. The Hall–Kier alpha value is -3.10. The van der Waals surface area contributed by atoms with Crippen molar-refractivity contribution in [2.45, 2.75) is 24.8 Å². The van der Waals surface area contributed by atoms with Crippen LogP contribution in [0.2, 0.25) is 5.02 Å². The van der Waals surface area contributed by atoms with Gasteiger partial charge in [0.2, 0.25) is 5.88 Å². The van der Waals surface area contributed by atoms with E-state index in [1.807, 2.05) is 13.8 Å². The maximum absolute atomic E-state index is 12.5. The van der Waals surface area contributed by atoms with Crippen molar-refractivity contribution < 1.29 is 17.9 Å². The molecule has 3 rings (SSSR count). The van der Waals surface area contributed by atoms with Crippen LogP contribution in [0, 0.1) is 0 Å². The van der Waals surface area contributed by atoms with Crippen LogP contribution in [0.5, 0.6) is 5.88 Å². The highest BCUT2D eigenvalue weighted by atomic mass is 35.5. The summed E-state index contributed by atoms with van der Waals surface area (Å²) in [6.45, 7) is 3.69. The molecule has 0 aliphatic heterocycles. The van der Waals surface area contributed by atoms with Crippen LogP contribution in [0.3, 0.4) is 0 Å². The molecular weight excluding hydrogens is 426 g/mol. The predicted octanol–water partition coefficient (Wildman–Crippen LogP) is 4.58. The average molecular weight is 446 g/mol. The Morgan fingerprint density at radius 1 is 1.03 bits per heavy atom. The van der Waals surface area contributed by atoms with E-state index in [0.29, 0.717) is 11.4 Å². The molecule has 0 bridgehead atoms. The first-order valence-corrected chi connectivity index (χ1v) is 10.9. The highest BCUT2D eigenvalue weighted by Crippen LogP contribution is 2.24. The summed E-state index contributed by atoms with van der Waals surface area (Å²) >= 11 is 6.13. The maximum Gasteiger partial charge on any atom is 0.261 e. The van der Waals surface area contributed by atoms with Gasteiger partial charge in [-0.25, -0.2) is 13.4 Å². The number of anilines is 2. The Morgan fingerprint density at radius 2 is 1.73 bits per heavy atom. The van der Waals surface area contributed by atoms with Gasteiger partial charge < -0.3 is 10.1 Å². The van der Waals surface area contributed by atoms with Crippen LogP contribution in [-0.4, -0.2) is 25.4 Å². The molecule has 0 saturated carbocycles. The van der Waals surface area contributed by atoms with Crippen molar-refractivity contribution in [3.8, 4) is 5.88 Å². The van der Waals surface area contributed by atoms with Crippen LogP contribution in [0.1, 0.15) is 24.2 Å². The third-order valence-corrected chi connectivity index (χ3v) is 5.51. The highest BCUT2D eigenvalue weighted by molar-refractivity contribution is 7.92. The number of benzene rings is 2. The van der Waals surface area contributed by atoms with Gasteiger partial charge in [0.1, 0.15) is 5.02 Å². The van der Waals surface area contributed by atoms with Crippen LogP contribution < -0.4 is 14.8 Å². The third-order valence-electron chi connectivity index (χ3n) is 3.84. The number of halogens is 1. The van der Waals surface area contributed by atoms with E-state index < -0.39 is 15.9 Å². The van der Waals surface area contributed by atoms with Crippen molar-refractivity contribution in [1.82, 2.24) is 4.98 Å². The summed E-state index contributed by atoms with van der Waals surface area (Å²) < 4.78 is 32.9. The first-order chi connectivity index (χ1) is 14.2. The van der Waals surface area contributed by atoms with E-state index in [-0.39, 0.29) is 27.5 Å². The Bertz CT molecular complexity index is 1150. The van der Waals surface area contributed by atoms with Gasteiger partial charge in [0.25, 0.3) is 15.9 Å². The number of nitrogens with zero attached hydrogens (tertiary/aromatic N) is 1. The fourth-order valence-corrected chi connectivity index (χ4v) is 3.82. The second kappa shape index (κ2) is 9.15. The van der Waals surface area contributed by atoms with E-state index >= 15 is 0 Å². The molecule has 0 radical (unpaired) electrons. The Balaban J connectivity index is 1.74. The molecule has 0 fully saturated rings. The van der Waals surface area contributed by atoms with E-state index in [2.05, 4.69) is 15.0 Å². The number of hydrogen-bond acceptors (Lipinski definition) is 5. The van der Waals surface area contributed by atoms with E-state index in [1.165, 1.54) is 30.5 Å². The fourth-order valence-electron chi connectivity index (χ4n) is 2.54. The van der Waals surface area contributed by atoms with Gasteiger partial charge in [0.05, 0.1) is 22.3 Å². The fraction of sp³-hybridized carbons (Fsp3) is 0.143. The molecule has 1 amide bonds. The molecule has 0 aliphatic carbocycles. The topological polar surface area (TPSA) is 97.4 Å². The summed E-state index contributed by atoms with van der Waals surface area (Å²) in [5, 5.41) is 2.92. The molecule has 0 saturated heterocycles. The van der Waals surface area contributed by atoms with Gasteiger partial charge in [-0.1, -0.05) is 35.9 Å². The third kappa shape index (κ3) is 5.49. The minimum absolute atomic E-state index is 0.0999. The van der Waals surface area contributed by atoms with Gasteiger partial charge >= 0.3 is 0 Å². The number of rotatable bonds is 7. The smallest absolute Gasteiger partial charge is 0.261 e. The summed E-state index contributed by atoms with van der Waals surface area (Å²) in [6.07, 6.45) is 1.26. The lowest BCUT2D eigenvalue weighted by Gasteiger charge is -2.12. The second-order valence-corrected chi connectivity index (χ2v) is 8.72. The Kier molecular flexibility index (Phi) is 6.59. The number of amides is 1. The zero-order valence-electron chi connectivity index (χ0n) is 16.3. The van der Waals surface area contributed by atoms with Crippen LogP contribution in [0.15, 0.2) is 71.8 Å². The summed E-state index contributed by atoms with van der Waals surface area (Å²) in [4.78, 5) is 16.7.